The summed E-state index contributed by atoms with van der Waals surface area (Å²) in [6.07, 6.45) is 0. The molecule has 5 heteroatoms. The van der Waals surface area contributed by atoms with E-state index in [9.17, 15) is 4.79 Å². The molecule has 0 saturated heterocycles. The van der Waals surface area contributed by atoms with Crippen molar-refractivity contribution in [1.82, 2.24) is 4.98 Å². The Kier molecular flexibility index (Phi) is 2.83. The molecule has 0 aliphatic carbocycles. The van der Waals surface area contributed by atoms with Crippen molar-refractivity contribution in [2.45, 2.75) is 6.92 Å². The van der Waals surface area contributed by atoms with Gasteiger partial charge in [0.1, 0.15) is 17.0 Å². The number of thiazole rings is 1. The molecule has 0 spiro atoms. The van der Waals surface area contributed by atoms with E-state index in [4.69, 9.17) is 9.15 Å². The van der Waals surface area contributed by atoms with E-state index in [0.29, 0.717) is 17.0 Å². The summed E-state index contributed by atoms with van der Waals surface area (Å²) in [5.41, 5.74) is 1.09. The Morgan fingerprint density at radius 3 is 2.89 bits per heavy atom. The zero-order valence-electron chi connectivity index (χ0n) is 10.5. The van der Waals surface area contributed by atoms with E-state index in [1.165, 1.54) is 11.3 Å². The van der Waals surface area contributed by atoms with Crippen molar-refractivity contribution in [3.05, 3.63) is 46.1 Å². The lowest BCUT2D eigenvalue weighted by Gasteiger charge is -1.96. The maximum Gasteiger partial charge on any atom is 0.247 e. The van der Waals surface area contributed by atoms with Crippen LogP contribution in [0.5, 0.6) is 5.75 Å². The summed E-state index contributed by atoms with van der Waals surface area (Å²) in [6.45, 7) is 1.87. The Labute approximate surface area is 113 Å². The van der Waals surface area contributed by atoms with Crippen molar-refractivity contribution in [2.75, 3.05) is 7.11 Å². The van der Waals surface area contributed by atoms with Crippen LogP contribution in [-0.4, -0.2) is 17.9 Å². The van der Waals surface area contributed by atoms with Crippen molar-refractivity contribution in [3.63, 3.8) is 0 Å². The molecular formula is C14H11NO3S. The largest absolute Gasteiger partial charge is 0.497 e. The summed E-state index contributed by atoms with van der Waals surface area (Å²) in [4.78, 5) is 16.4. The van der Waals surface area contributed by atoms with E-state index in [2.05, 4.69) is 4.98 Å². The highest BCUT2D eigenvalue weighted by Gasteiger charge is 2.17. The highest BCUT2D eigenvalue weighted by molar-refractivity contribution is 7.09. The molecule has 0 radical (unpaired) electrons. The SMILES string of the molecule is COc1ccc2oc(C(=O)c3csc(C)n3)cc2c1. The molecule has 1 aromatic carbocycles. The van der Waals surface area contributed by atoms with Crippen LogP contribution in [-0.2, 0) is 0 Å². The fraction of sp³-hybridized carbons (Fsp3) is 0.143. The molecule has 0 amide bonds. The number of carbonyl (C=O) groups is 1. The minimum Gasteiger partial charge on any atom is -0.497 e. The number of carbonyl (C=O) groups excluding carboxylic acids is 1. The van der Waals surface area contributed by atoms with Gasteiger partial charge in [-0.05, 0) is 31.2 Å². The van der Waals surface area contributed by atoms with Crippen molar-refractivity contribution < 1.29 is 13.9 Å². The van der Waals surface area contributed by atoms with Gasteiger partial charge in [-0.25, -0.2) is 4.98 Å². The number of hydrogen-bond acceptors (Lipinski definition) is 5. The molecule has 0 N–H and O–H groups in total. The van der Waals surface area contributed by atoms with Crippen LogP contribution in [0, 0.1) is 6.92 Å². The lowest BCUT2D eigenvalue weighted by molar-refractivity contribution is 0.101. The molecule has 4 nitrogen and oxygen atoms in total. The Balaban J connectivity index is 2.03. The van der Waals surface area contributed by atoms with Gasteiger partial charge in [0, 0.05) is 10.8 Å². The fourth-order valence-electron chi connectivity index (χ4n) is 1.85. The quantitative estimate of drug-likeness (QED) is 0.686. The van der Waals surface area contributed by atoms with Crippen LogP contribution in [0.1, 0.15) is 21.3 Å². The van der Waals surface area contributed by atoms with Crippen LogP contribution in [0.25, 0.3) is 11.0 Å². The van der Waals surface area contributed by atoms with E-state index in [0.717, 1.165) is 16.1 Å². The zero-order chi connectivity index (χ0) is 13.4. The molecular weight excluding hydrogens is 262 g/mol. The average molecular weight is 273 g/mol. The van der Waals surface area contributed by atoms with E-state index in [1.54, 1.807) is 30.7 Å². The third kappa shape index (κ3) is 2.13. The van der Waals surface area contributed by atoms with Crippen molar-refractivity contribution in [1.29, 1.82) is 0 Å². The topological polar surface area (TPSA) is 52.3 Å². The van der Waals surface area contributed by atoms with Crippen LogP contribution in [0.3, 0.4) is 0 Å². The first-order valence-electron chi connectivity index (χ1n) is 5.72. The van der Waals surface area contributed by atoms with Crippen molar-refractivity contribution in [2.24, 2.45) is 0 Å². The van der Waals surface area contributed by atoms with Crippen LogP contribution in [0.15, 0.2) is 34.1 Å². The maximum absolute atomic E-state index is 12.2. The number of nitrogens with zero attached hydrogens (tertiary/aromatic N) is 1. The van der Waals surface area contributed by atoms with Gasteiger partial charge >= 0.3 is 0 Å². The minimum absolute atomic E-state index is 0.195. The Morgan fingerprint density at radius 2 is 2.21 bits per heavy atom. The van der Waals surface area contributed by atoms with Crippen LogP contribution < -0.4 is 4.74 Å². The summed E-state index contributed by atoms with van der Waals surface area (Å²) < 4.78 is 10.7. The summed E-state index contributed by atoms with van der Waals surface area (Å²) >= 11 is 1.45. The standard InChI is InChI=1S/C14H11NO3S/c1-8-15-11(7-19-8)14(16)13-6-9-5-10(17-2)3-4-12(9)18-13/h3-7H,1-2H3. The number of aryl methyl sites for hydroxylation is 1. The molecule has 3 aromatic rings. The maximum atomic E-state index is 12.2. The predicted octanol–water partition coefficient (Wildman–Crippen LogP) is 3.44. The third-order valence-corrected chi connectivity index (χ3v) is 3.57. The zero-order valence-corrected chi connectivity index (χ0v) is 11.3. The van der Waals surface area contributed by atoms with Gasteiger partial charge in [0.05, 0.1) is 12.1 Å². The van der Waals surface area contributed by atoms with Crippen LogP contribution in [0.2, 0.25) is 0 Å². The van der Waals surface area contributed by atoms with Crippen molar-refractivity contribution >= 4 is 28.1 Å². The second-order valence-electron chi connectivity index (χ2n) is 4.10. The third-order valence-electron chi connectivity index (χ3n) is 2.80. The van der Waals surface area contributed by atoms with E-state index in [-0.39, 0.29) is 5.78 Å². The second-order valence-corrected chi connectivity index (χ2v) is 5.16. The van der Waals surface area contributed by atoms with Gasteiger partial charge in [0.15, 0.2) is 5.76 Å². The minimum atomic E-state index is -0.195. The lowest BCUT2D eigenvalue weighted by atomic mass is 10.2. The number of aromatic nitrogens is 1. The second kappa shape index (κ2) is 4.51. The highest BCUT2D eigenvalue weighted by Crippen LogP contribution is 2.25. The fourth-order valence-corrected chi connectivity index (χ4v) is 2.45. The number of methoxy groups -OCH3 is 1. The van der Waals surface area contributed by atoms with Gasteiger partial charge < -0.3 is 9.15 Å². The normalized spacial score (nSPS) is 10.8. The van der Waals surface area contributed by atoms with Crippen LogP contribution in [0.4, 0.5) is 0 Å². The number of fused-ring (bicyclic) bond motifs is 1. The smallest absolute Gasteiger partial charge is 0.247 e. The van der Waals surface area contributed by atoms with Gasteiger partial charge in [-0.1, -0.05) is 0 Å². The van der Waals surface area contributed by atoms with E-state index >= 15 is 0 Å². The van der Waals surface area contributed by atoms with Gasteiger partial charge in [0.25, 0.3) is 0 Å². The molecule has 2 heterocycles. The molecule has 2 aromatic heterocycles. The highest BCUT2D eigenvalue weighted by atomic mass is 32.1. The first-order valence-corrected chi connectivity index (χ1v) is 6.60. The molecule has 19 heavy (non-hydrogen) atoms. The number of rotatable bonds is 3. The Bertz CT molecular complexity index is 757. The first kappa shape index (κ1) is 11.9. The lowest BCUT2D eigenvalue weighted by Crippen LogP contribution is -1.99. The first-order chi connectivity index (χ1) is 9.17. The monoisotopic (exact) mass is 273 g/mol. The molecule has 0 unspecified atom stereocenters. The van der Waals surface area contributed by atoms with E-state index in [1.807, 2.05) is 13.0 Å². The number of furan rings is 1. The predicted molar refractivity (Wildman–Crippen MR) is 73.0 cm³/mol. The number of hydrogen-bond donors (Lipinski definition) is 0. The molecule has 0 aliphatic rings. The van der Waals surface area contributed by atoms with Crippen molar-refractivity contribution in [3.8, 4) is 5.75 Å². The molecule has 3 rings (SSSR count). The van der Waals surface area contributed by atoms with Gasteiger partial charge in [0.2, 0.25) is 5.78 Å². The average Bonchev–Trinajstić information content (AvgIpc) is 3.02. The Morgan fingerprint density at radius 1 is 1.37 bits per heavy atom. The molecule has 0 atom stereocenters. The summed E-state index contributed by atoms with van der Waals surface area (Å²) in [5, 5.41) is 3.45. The molecule has 0 fully saturated rings. The number of benzene rings is 1. The molecule has 96 valence electrons. The molecule has 0 aliphatic heterocycles. The van der Waals surface area contributed by atoms with Gasteiger partial charge in [-0.2, -0.15) is 0 Å². The summed E-state index contributed by atoms with van der Waals surface area (Å²) in [6, 6.07) is 7.14. The van der Waals surface area contributed by atoms with Gasteiger partial charge in [-0.15, -0.1) is 11.3 Å². The molecule has 0 bridgehead atoms. The summed E-state index contributed by atoms with van der Waals surface area (Å²) in [5.74, 6) is 0.838. The number of ether oxygens (including phenoxy) is 1. The number of ketones is 1. The van der Waals surface area contributed by atoms with Crippen LogP contribution >= 0.6 is 11.3 Å². The van der Waals surface area contributed by atoms with Gasteiger partial charge in [-0.3, -0.25) is 4.79 Å². The Hall–Kier alpha value is -2.14. The molecule has 0 saturated carbocycles. The summed E-state index contributed by atoms with van der Waals surface area (Å²) in [7, 11) is 1.60. The van der Waals surface area contributed by atoms with E-state index < -0.39 is 0 Å².